The zero-order chi connectivity index (χ0) is 21.4. The van der Waals surface area contributed by atoms with Gasteiger partial charge < -0.3 is 14.5 Å². The van der Waals surface area contributed by atoms with Gasteiger partial charge in [0.2, 0.25) is 11.8 Å². The maximum Gasteiger partial charge on any atom is 0.216 e. The van der Waals surface area contributed by atoms with Crippen molar-refractivity contribution in [2.75, 3.05) is 13.7 Å². The van der Waals surface area contributed by atoms with E-state index >= 15 is 0 Å². The fourth-order valence-electron chi connectivity index (χ4n) is 4.18. The maximum absolute atomic E-state index is 11.5. The van der Waals surface area contributed by atoms with Crippen LogP contribution < -0.4 is 10.1 Å². The van der Waals surface area contributed by atoms with Crippen LogP contribution in [0.2, 0.25) is 0 Å². The lowest BCUT2D eigenvalue weighted by atomic mass is 9.93. The van der Waals surface area contributed by atoms with Crippen LogP contribution >= 0.6 is 0 Å². The molecule has 3 aromatic carbocycles. The van der Waals surface area contributed by atoms with Crippen LogP contribution in [0, 0.1) is 0 Å². The second-order valence-electron chi connectivity index (χ2n) is 7.54. The molecule has 0 radical (unpaired) electrons. The lowest BCUT2D eigenvalue weighted by molar-refractivity contribution is -0.118. The van der Waals surface area contributed by atoms with Gasteiger partial charge in [-0.2, -0.15) is 0 Å². The third kappa shape index (κ3) is 3.38. The minimum absolute atomic E-state index is 0.0597. The van der Waals surface area contributed by atoms with Gasteiger partial charge in [0.1, 0.15) is 11.3 Å². The number of hydrogen-bond acceptors (Lipinski definition) is 4. The van der Waals surface area contributed by atoms with E-state index in [0.717, 1.165) is 43.9 Å². The van der Waals surface area contributed by atoms with Gasteiger partial charge in [0.15, 0.2) is 5.58 Å². The quantitative estimate of drug-likeness (QED) is 0.389. The molecule has 5 nitrogen and oxygen atoms in total. The van der Waals surface area contributed by atoms with Crippen molar-refractivity contribution in [3.05, 3.63) is 72.3 Å². The summed E-state index contributed by atoms with van der Waals surface area (Å²) < 4.78 is 11.8. The Morgan fingerprint density at radius 1 is 1.00 bits per heavy atom. The first kappa shape index (κ1) is 19.1. The van der Waals surface area contributed by atoms with Crippen LogP contribution in [-0.4, -0.2) is 24.5 Å². The molecule has 1 amide bonds. The van der Waals surface area contributed by atoms with Crippen molar-refractivity contribution in [3.63, 3.8) is 0 Å². The lowest BCUT2D eigenvalue weighted by Gasteiger charge is -2.12. The highest BCUT2D eigenvalue weighted by Crippen LogP contribution is 2.41. The molecule has 5 aromatic rings. The summed E-state index contributed by atoms with van der Waals surface area (Å²) in [5.74, 6) is 1.26. The Morgan fingerprint density at radius 2 is 1.68 bits per heavy atom. The predicted molar refractivity (Wildman–Crippen MR) is 123 cm³/mol. The number of fused-ring (bicyclic) bond motifs is 3. The number of methoxy groups -OCH3 is 1. The highest BCUT2D eigenvalue weighted by Gasteiger charge is 2.21. The fraction of sp³-hybridized carbons (Fsp3) is 0.154. The van der Waals surface area contributed by atoms with Gasteiger partial charge in [-0.25, -0.2) is 4.98 Å². The van der Waals surface area contributed by atoms with Gasteiger partial charge in [0.05, 0.1) is 7.11 Å². The SMILES string of the molecule is COc1ccc2oc(-c3c4ccccc4cc4ccccc34)c(CCNC(C)=O)c2n1. The number of ether oxygens (including phenoxy) is 1. The van der Waals surface area contributed by atoms with Gasteiger partial charge >= 0.3 is 0 Å². The van der Waals surface area contributed by atoms with Crippen LogP contribution in [0.4, 0.5) is 0 Å². The highest BCUT2D eigenvalue weighted by molar-refractivity contribution is 6.13. The molecule has 5 rings (SSSR count). The van der Waals surface area contributed by atoms with E-state index in [1.165, 1.54) is 6.92 Å². The summed E-state index contributed by atoms with van der Waals surface area (Å²) in [6.45, 7) is 2.02. The number of nitrogens with zero attached hydrogens (tertiary/aromatic N) is 1. The number of carbonyl (C=O) groups is 1. The number of hydrogen-bond donors (Lipinski definition) is 1. The second-order valence-corrected chi connectivity index (χ2v) is 7.54. The number of furan rings is 1. The largest absolute Gasteiger partial charge is 0.481 e. The molecule has 31 heavy (non-hydrogen) atoms. The van der Waals surface area contributed by atoms with Crippen LogP contribution in [0.5, 0.6) is 5.88 Å². The normalized spacial score (nSPS) is 11.3. The van der Waals surface area contributed by atoms with Crippen molar-refractivity contribution < 1.29 is 13.9 Å². The number of carbonyl (C=O) groups excluding carboxylic acids is 1. The zero-order valence-corrected chi connectivity index (χ0v) is 17.4. The van der Waals surface area contributed by atoms with E-state index in [9.17, 15) is 4.79 Å². The van der Waals surface area contributed by atoms with E-state index in [1.807, 2.05) is 30.3 Å². The van der Waals surface area contributed by atoms with Gasteiger partial charge in [0.25, 0.3) is 0 Å². The summed E-state index contributed by atoms with van der Waals surface area (Å²) >= 11 is 0. The molecular formula is C26H22N2O3. The number of benzene rings is 3. The van der Waals surface area contributed by atoms with Crippen molar-refractivity contribution in [1.82, 2.24) is 10.3 Å². The van der Waals surface area contributed by atoms with E-state index in [4.69, 9.17) is 9.15 Å². The molecule has 2 aromatic heterocycles. The molecule has 2 heterocycles. The van der Waals surface area contributed by atoms with Crippen LogP contribution in [0.15, 0.2) is 71.1 Å². The molecular weight excluding hydrogens is 388 g/mol. The molecule has 0 fully saturated rings. The number of rotatable bonds is 5. The van der Waals surface area contributed by atoms with E-state index < -0.39 is 0 Å². The molecule has 0 aliphatic carbocycles. The average Bonchev–Trinajstić information content (AvgIpc) is 3.14. The third-order valence-electron chi connectivity index (χ3n) is 5.56. The molecule has 5 heteroatoms. The Kier molecular flexibility index (Phi) is 4.79. The summed E-state index contributed by atoms with van der Waals surface area (Å²) in [6, 6.07) is 22.5. The van der Waals surface area contributed by atoms with Crippen LogP contribution in [0.3, 0.4) is 0 Å². The van der Waals surface area contributed by atoms with E-state index in [2.05, 4.69) is 40.6 Å². The molecule has 1 N–H and O–H groups in total. The second kappa shape index (κ2) is 7.76. The topological polar surface area (TPSA) is 64.4 Å². The van der Waals surface area contributed by atoms with Gasteiger partial charge in [0, 0.05) is 30.7 Å². The summed E-state index contributed by atoms with van der Waals surface area (Å²) in [7, 11) is 1.60. The molecule has 0 aliphatic heterocycles. The summed E-state index contributed by atoms with van der Waals surface area (Å²) in [4.78, 5) is 16.1. The zero-order valence-electron chi connectivity index (χ0n) is 17.4. The van der Waals surface area contributed by atoms with E-state index in [1.54, 1.807) is 13.2 Å². The highest BCUT2D eigenvalue weighted by atomic mass is 16.5. The van der Waals surface area contributed by atoms with Crippen molar-refractivity contribution in [3.8, 4) is 17.2 Å². The molecule has 0 saturated heterocycles. The lowest BCUT2D eigenvalue weighted by Crippen LogP contribution is -2.22. The van der Waals surface area contributed by atoms with Crippen molar-refractivity contribution in [2.24, 2.45) is 0 Å². The number of aromatic nitrogens is 1. The first-order valence-corrected chi connectivity index (χ1v) is 10.3. The summed E-state index contributed by atoms with van der Waals surface area (Å²) in [5, 5.41) is 7.42. The minimum atomic E-state index is -0.0597. The Morgan fingerprint density at radius 3 is 2.32 bits per heavy atom. The first-order valence-electron chi connectivity index (χ1n) is 10.3. The predicted octanol–water partition coefficient (Wildman–Crippen LogP) is 5.49. The molecule has 0 spiro atoms. The average molecular weight is 410 g/mol. The Labute approximate surface area is 179 Å². The Hall–Kier alpha value is -3.86. The van der Waals surface area contributed by atoms with Crippen LogP contribution in [-0.2, 0) is 11.2 Å². The summed E-state index contributed by atoms with van der Waals surface area (Å²) in [6.07, 6.45) is 0.597. The third-order valence-corrected chi connectivity index (χ3v) is 5.56. The Bertz CT molecular complexity index is 1380. The van der Waals surface area contributed by atoms with E-state index in [0.29, 0.717) is 24.4 Å². The Balaban J connectivity index is 1.83. The number of pyridine rings is 1. The van der Waals surface area contributed by atoms with Crippen molar-refractivity contribution in [2.45, 2.75) is 13.3 Å². The maximum atomic E-state index is 11.5. The van der Waals surface area contributed by atoms with Gasteiger partial charge in [-0.1, -0.05) is 48.5 Å². The molecule has 0 bridgehead atoms. The van der Waals surface area contributed by atoms with E-state index in [-0.39, 0.29) is 5.91 Å². The molecule has 0 saturated carbocycles. The van der Waals surface area contributed by atoms with Gasteiger partial charge in [-0.3, -0.25) is 4.79 Å². The molecule has 154 valence electrons. The molecule has 0 atom stereocenters. The minimum Gasteiger partial charge on any atom is -0.481 e. The fourth-order valence-corrected chi connectivity index (χ4v) is 4.18. The van der Waals surface area contributed by atoms with Crippen molar-refractivity contribution >= 4 is 38.6 Å². The van der Waals surface area contributed by atoms with Crippen LogP contribution in [0.25, 0.3) is 44.0 Å². The summed E-state index contributed by atoms with van der Waals surface area (Å²) in [5.41, 5.74) is 3.47. The smallest absolute Gasteiger partial charge is 0.216 e. The number of amides is 1. The monoisotopic (exact) mass is 410 g/mol. The van der Waals surface area contributed by atoms with Crippen LogP contribution in [0.1, 0.15) is 12.5 Å². The van der Waals surface area contributed by atoms with Gasteiger partial charge in [-0.05, 0) is 40.1 Å². The van der Waals surface area contributed by atoms with Gasteiger partial charge in [-0.15, -0.1) is 0 Å². The standard InChI is InChI=1S/C26H22N2O3/c1-16(29)27-14-13-21-25-22(11-12-23(28-25)30-2)31-26(21)24-19-9-5-3-7-17(19)15-18-8-4-6-10-20(18)24/h3-12,15H,13-14H2,1-2H3,(H,27,29). The molecule has 0 unspecified atom stereocenters. The number of nitrogens with one attached hydrogen (secondary N) is 1. The molecule has 0 aliphatic rings. The first-order chi connectivity index (χ1) is 15.2. The van der Waals surface area contributed by atoms with Crippen molar-refractivity contribution in [1.29, 1.82) is 0 Å².